The molecule has 1 aliphatic rings. The van der Waals surface area contributed by atoms with E-state index in [9.17, 15) is 4.79 Å². The summed E-state index contributed by atoms with van der Waals surface area (Å²) in [5.41, 5.74) is 2.81. The summed E-state index contributed by atoms with van der Waals surface area (Å²) >= 11 is 0. The van der Waals surface area contributed by atoms with Gasteiger partial charge in [0.05, 0.1) is 0 Å². The van der Waals surface area contributed by atoms with Crippen LogP contribution in [0.25, 0.3) is 0 Å². The highest BCUT2D eigenvalue weighted by Crippen LogP contribution is 2.19. The Morgan fingerprint density at radius 3 is 2.95 bits per heavy atom. The van der Waals surface area contributed by atoms with Crippen molar-refractivity contribution >= 4 is 0 Å². The van der Waals surface area contributed by atoms with E-state index in [1.54, 1.807) is 6.07 Å². The van der Waals surface area contributed by atoms with Gasteiger partial charge in [-0.25, -0.2) is 0 Å². The van der Waals surface area contributed by atoms with Crippen LogP contribution in [0.1, 0.15) is 57.2 Å². The van der Waals surface area contributed by atoms with Crippen molar-refractivity contribution < 1.29 is 0 Å². The molecule has 112 valence electrons. The van der Waals surface area contributed by atoms with Gasteiger partial charge in [0, 0.05) is 30.9 Å². The summed E-state index contributed by atoms with van der Waals surface area (Å²) in [6, 6.07) is 4.30. The standard InChI is InChI=1S/C17H28N2O/c1-3-4-5-7-14(2)18-12-13-19-16-9-6-8-15(16)10-11-17(19)20/h10-11,14,18H,3-9,12-13H2,1-2H3. The molecule has 1 N–H and O–H groups in total. The van der Waals surface area contributed by atoms with Gasteiger partial charge in [-0.2, -0.15) is 0 Å². The van der Waals surface area contributed by atoms with Crippen molar-refractivity contribution in [2.24, 2.45) is 0 Å². The van der Waals surface area contributed by atoms with Crippen LogP contribution >= 0.6 is 0 Å². The molecule has 1 aliphatic carbocycles. The minimum absolute atomic E-state index is 0.158. The molecule has 1 unspecified atom stereocenters. The van der Waals surface area contributed by atoms with E-state index in [1.807, 2.05) is 10.6 Å². The minimum atomic E-state index is 0.158. The molecule has 3 heteroatoms. The van der Waals surface area contributed by atoms with Crippen molar-refractivity contribution in [2.75, 3.05) is 6.54 Å². The number of hydrogen-bond donors (Lipinski definition) is 1. The van der Waals surface area contributed by atoms with E-state index in [0.717, 1.165) is 25.9 Å². The summed E-state index contributed by atoms with van der Waals surface area (Å²) in [5, 5.41) is 3.55. The maximum Gasteiger partial charge on any atom is 0.250 e. The van der Waals surface area contributed by atoms with E-state index < -0.39 is 0 Å². The predicted molar refractivity (Wildman–Crippen MR) is 84.3 cm³/mol. The third-order valence-corrected chi connectivity index (χ3v) is 4.32. The highest BCUT2D eigenvalue weighted by atomic mass is 16.1. The van der Waals surface area contributed by atoms with Crippen molar-refractivity contribution in [3.05, 3.63) is 33.7 Å². The summed E-state index contributed by atoms with van der Waals surface area (Å²) in [6.45, 7) is 6.18. The van der Waals surface area contributed by atoms with Crippen LogP contribution in [-0.2, 0) is 19.4 Å². The molecule has 0 radical (unpaired) electrons. The molecule has 1 aromatic rings. The minimum Gasteiger partial charge on any atom is -0.312 e. The molecule has 1 atom stereocenters. The summed E-state index contributed by atoms with van der Waals surface area (Å²) in [6.07, 6.45) is 8.52. The van der Waals surface area contributed by atoms with Crippen molar-refractivity contribution in [3.63, 3.8) is 0 Å². The molecule has 0 saturated carbocycles. The summed E-state index contributed by atoms with van der Waals surface area (Å²) in [7, 11) is 0. The zero-order chi connectivity index (χ0) is 14.4. The molecule has 0 fully saturated rings. The third-order valence-electron chi connectivity index (χ3n) is 4.32. The van der Waals surface area contributed by atoms with Gasteiger partial charge in [0.1, 0.15) is 0 Å². The lowest BCUT2D eigenvalue weighted by molar-refractivity contribution is 0.464. The Balaban J connectivity index is 1.83. The molecule has 0 bridgehead atoms. The van der Waals surface area contributed by atoms with E-state index in [2.05, 4.69) is 19.2 Å². The maximum absolute atomic E-state index is 12.0. The first-order valence-corrected chi connectivity index (χ1v) is 8.17. The van der Waals surface area contributed by atoms with Crippen LogP contribution in [0.15, 0.2) is 16.9 Å². The fourth-order valence-electron chi connectivity index (χ4n) is 3.10. The van der Waals surface area contributed by atoms with Gasteiger partial charge < -0.3 is 9.88 Å². The first-order chi connectivity index (χ1) is 9.72. The lowest BCUT2D eigenvalue weighted by Gasteiger charge is -2.16. The number of unbranched alkanes of at least 4 members (excludes halogenated alkanes) is 2. The predicted octanol–water partition coefficient (Wildman–Crippen LogP) is 2.90. The molecular formula is C17H28N2O. The van der Waals surface area contributed by atoms with Gasteiger partial charge in [0.15, 0.2) is 0 Å². The van der Waals surface area contributed by atoms with Gasteiger partial charge in [-0.15, -0.1) is 0 Å². The Hall–Kier alpha value is -1.09. The highest BCUT2D eigenvalue weighted by Gasteiger charge is 2.15. The molecule has 20 heavy (non-hydrogen) atoms. The maximum atomic E-state index is 12.0. The van der Waals surface area contributed by atoms with Crippen LogP contribution in [0.3, 0.4) is 0 Å². The van der Waals surface area contributed by atoms with E-state index in [1.165, 1.54) is 43.4 Å². The van der Waals surface area contributed by atoms with Gasteiger partial charge in [-0.3, -0.25) is 4.79 Å². The number of aromatic nitrogens is 1. The third kappa shape index (κ3) is 3.95. The Morgan fingerprint density at radius 1 is 1.30 bits per heavy atom. The number of hydrogen-bond acceptors (Lipinski definition) is 2. The molecule has 0 aromatic carbocycles. The molecule has 0 amide bonds. The Morgan fingerprint density at radius 2 is 2.15 bits per heavy atom. The topological polar surface area (TPSA) is 34.0 Å². The van der Waals surface area contributed by atoms with Crippen LogP contribution in [0.2, 0.25) is 0 Å². The lowest BCUT2D eigenvalue weighted by atomic mass is 10.1. The van der Waals surface area contributed by atoms with Crippen molar-refractivity contribution in [2.45, 2.75) is 71.4 Å². The fraction of sp³-hybridized carbons (Fsp3) is 0.706. The van der Waals surface area contributed by atoms with Crippen LogP contribution in [-0.4, -0.2) is 17.2 Å². The van der Waals surface area contributed by atoms with E-state index in [-0.39, 0.29) is 5.56 Å². The first kappa shape index (κ1) is 15.3. The van der Waals surface area contributed by atoms with Gasteiger partial charge in [-0.05, 0) is 38.2 Å². The summed E-state index contributed by atoms with van der Waals surface area (Å²) in [5.74, 6) is 0. The molecular weight excluding hydrogens is 248 g/mol. The monoisotopic (exact) mass is 276 g/mol. The van der Waals surface area contributed by atoms with Crippen molar-refractivity contribution in [1.29, 1.82) is 0 Å². The largest absolute Gasteiger partial charge is 0.312 e. The molecule has 0 spiro atoms. The van der Waals surface area contributed by atoms with Crippen LogP contribution < -0.4 is 10.9 Å². The second-order valence-corrected chi connectivity index (χ2v) is 6.00. The van der Waals surface area contributed by atoms with Gasteiger partial charge in [-0.1, -0.05) is 32.3 Å². The number of fused-ring (bicyclic) bond motifs is 1. The second kappa shape index (κ2) is 7.63. The average molecular weight is 276 g/mol. The van der Waals surface area contributed by atoms with E-state index in [4.69, 9.17) is 0 Å². The Kier molecular flexibility index (Phi) is 5.84. The number of pyridine rings is 1. The quantitative estimate of drug-likeness (QED) is 0.741. The zero-order valence-electron chi connectivity index (χ0n) is 13.0. The zero-order valence-corrected chi connectivity index (χ0v) is 13.0. The van der Waals surface area contributed by atoms with Crippen LogP contribution in [0.4, 0.5) is 0 Å². The normalized spacial score (nSPS) is 15.3. The molecule has 0 aliphatic heterocycles. The SMILES string of the molecule is CCCCCC(C)NCCn1c2c(ccc1=O)CCC2. The lowest BCUT2D eigenvalue weighted by Crippen LogP contribution is -2.33. The van der Waals surface area contributed by atoms with E-state index >= 15 is 0 Å². The van der Waals surface area contributed by atoms with Gasteiger partial charge >= 0.3 is 0 Å². The number of nitrogens with one attached hydrogen (secondary N) is 1. The average Bonchev–Trinajstić information content (AvgIpc) is 2.90. The molecule has 1 aromatic heterocycles. The smallest absolute Gasteiger partial charge is 0.250 e. The number of nitrogens with zero attached hydrogens (tertiary/aromatic N) is 1. The van der Waals surface area contributed by atoms with Gasteiger partial charge in [0.25, 0.3) is 5.56 Å². The molecule has 0 saturated heterocycles. The summed E-state index contributed by atoms with van der Waals surface area (Å²) < 4.78 is 1.98. The van der Waals surface area contributed by atoms with Gasteiger partial charge in [0.2, 0.25) is 0 Å². The van der Waals surface area contributed by atoms with Crippen molar-refractivity contribution in [3.8, 4) is 0 Å². The highest BCUT2D eigenvalue weighted by molar-refractivity contribution is 5.25. The first-order valence-electron chi connectivity index (χ1n) is 8.17. The summed E-state index contributed by atoms with van der Waals surface area (Å²) in [4.78, 5) is 12.0. The van der Waals surface area contributed by atoms with Crippen LogP contribution in [0, 0.1) is 0 Å². The van der Waals surface area contributed by atoms with E-state index in [0.29, 0.717) is 6.04 Å². The number of aryl methyl sites for hydroxylation is 1. The Labute approximate surface area is 122 Å². The fourth-order valence-corrected chi connectivity index (χ4v) is 3.10. The number of rotatable bonds is 8. The molecule has 1 heterocycles. The van der Waals surface area contributed by atoms with Crippen molar-refractivity contribution in [1.82, 2.24) is 9.88 Å². The Bertz CT molecular complexity index is 478. The molecule has 3 nitrogen and oxygen atoms in total. The van der Waals surface area contributed by atoms with Crippen LogP contribution in [0.5, 0.6) is 0 Å². The second-order valence-electron chi connectivity index (χ2n) is 6.00. The molecule has 2 rings (SSSR count).